The summed E-state index contributed by atoms with van der Waals surface area (Å²) in [7, 11) is -1.45. The highest BCUT2D eigenvalue weighted by Crippen LogP contribution is 2.39. The van der Waals surface area contributed by atoms with Crippen LogP contribution in [-0.4, -0.2) is 25.3 Å². The highest BCUT2D eigenvalue weighted by atomic mass is 28.2. The van der Waals surface area contributed by atoms with Gasteiger partial charge in [0.05, 0.1) is 11.2 Å². The lowest BCUT2D eigenvalue weighted by Gasteiger charge is -2.38. The molecule has 0 bridgehead atoms. The summed E-state index contributed by atoms with van der Waals surface area (Å²) in [6.07, 6.45) is 1.81. The van der Waals surface area contributed by atoms with Crippen molar-refractivity contribution in [2.24, 2.45) is 0 Å². The molecular weight excluding hydrogens is 464 g/mol. The number of hydrogen-bond donors (Lipinski definition) is 0. The summed E-state index contributed by atoms with van der Waals surface area (Å²) in [4.78, 5) is 11.8. The first-order valence-corrected chi connectivity index (χ1v) is 15.5. The lowest BCUT2D eigenvalue weighted by molar-refractivity contribution is 0.0829. The molecule has 0 N–H and O–H groups in total. The van der Waals surface area contributed by atoms with E-state index < -0.39 is 19.5 Å². The summed E-state index contributed by atoms with van der Waals surface area (Å²) in [5.74, 6) is 0.112. The molecule has 5 heteroatoms. The van der Waals surface area contributed by atoms with Crippen LogP contribution in [0.25, 0.3) is 0 Å². The molecule has 0 saturated heterocycles. The molecule has 35 heavy (non-hydrogen) atoms. The Morgan fingerprint density at radius 1 is 0.686 bits per heavy atom. The number of benzene rings is 2. The average Bonchev–Trinajstić information content (AvgIpc) is 2.74. The van der Waals surface area contributed by atoms with Gasteiger partial charge in [-0.2, -0.15) is 0 Å². The number of ketones is 1. The van der Waals surface area contributed by atoms with E-state index in [-0.39, 0.29) is 27.1 Å². The summed E-state index contributed by atoms with van der Waals surface area (Å²) in [5.41, 5.74) is 4.97. The molecule has 2 aromatic carbocycles. The van der Waals surface area contributed by atoms with E-state index in [1.165, 1.54) is 22.3 Å². The van der Waals surface area contributed by atoms with Crippen LogP contribution in [0.3, 0.4) is 0 Å². The normalized spacial score (nSPS) is 13.9. The van der Waals surface area contributed by atoms with Crippen LogP contribution in [0.2, 0.25) is 10.1 Å². The standard InChI is InChI=1S/C30H48O3Si2/c1-21(31)24-14-12-13-22(19-24)15-16-23-17-18-25(29(8,9)32-34-27(2,3)4)26(20-23)30(10,11)33-35-28(5,6)7/h12-14,17-20H,15-16,34-35H2,1-11H3. The molecule has 0 aliphatic rings. The van der Waals surface area contributed by atoms with Gasteiger partial charge in [-0.15, -0.1) is 0 Å². The first kappa shape index (κ1) is 29.7. The van der Waals surface area contributed by atoms with Crippen molar-refractivity contribution in [1.29, 1.82) is 0 Å². The Kier molecular flexibility index (Phi) is 9.54. The molecule has 0 amide bonds. The molecule has 0 saturated carbocycles. The second-order valence-corrected chi connectivity index (χ2v) is 18.8. The van der Waals surface area contributed by atoms with Crippen molar-refractivity contribution in [3.8, 4) is 0 Å². The number of carbonyl (C=O) groups is 1. The second kappa shape index (κ2) is 11.2. The Hall–Kier alpha value is -1.54. The van der Waals surface area contributed by atoms with Gasteiger partial charge < -0.3 is 8.85 Å². The quantitative estimate of drug-likeness (QED) is 0.260. The van der Waals surface area contributed by atoms with Gasteiger partial charge >= 0.3 is 0 Å². The third-order valence-electron chi connectivity index (χ3n) is 6.15. The predicted octanol–water partition coefficient (Wildman–Crippen LogP) is 6.78. The van der Waals surface area contributed by atoms with Crippen molar-refractivity contribution < 1.29 is 13.6 Å². The third kappa shape index (κ3) is 9.45. The highest BCUT2D eigenvalue weighted by molar-refractivity contribution is 6.32. The van der Waals surface area contributed by atoms with E-state index in [1.807, 2.05) is 18.2 Å². The molecule has 2 aromatic rings. The maximum absolute atomic E-state index is 11.8. The molecule has 0 atom stereocenters. The van der Waals surface area contributed by atoms with E-state index in [2.05, 4.69) is 93.5 Å². The van der Waals surface area contributed by atoms with Crippen LogP contribution in [0.5, 0.6) is 0 Å². The van der Waals surface area contributed by atoms with Crippen LogP contribution in [0.4, 0.5) is 0 Å². The Balaban J connectivity index is 2.40. The number of aryl methyl sites for hydroxylation is 2. The van der Waals surface area contributed by atoms with E-state index in [0.717, 1.165) is 18.4 Å². The van der Waals surface area contributed by atoms with Gasteiger partial charge in [-0.05, 0) is 85.9 Å². The second-order valence-electron chi connectivity index (χ2n) is 13.4. The van der Waals surface area contributed by atoms with E-state index >= 15 is 0 Å². The smallest absolute Gasteiger partial charge is 0.168 e. The summed E-state index contributed by atoms with van der Waals surface area (Å²) in [6.45, 7) is 24.1. The molecule has 2 rings (SSSR count). The van der Waals surface area contributed by atoms with Crippen LogP contribution in [0.1, 0.15) is 109 Å². The topological polar surface area (TPSA) is 35.5 Å². The minimum absolute atomic E-state index is 0.112. The predicted molar refractivity (Wildman–Crippen MR) is 155 cm³/mol. The summed E-state index contributed by atoms with van der Waals surface area (Å²) < 4.78 is 13.3. The van der Waals surface area contributed by atoms with Gasteiger partial charge in [0, 0.05) is 5.56 Å². The molecule has 0 aliphatic carbocycles. The van der Waals surface area contributed by atoms with Gasteiger partial charge in [0.25, 0.3) is 0 Å². The summed E-state index contributed by atoms with van der Waals surface area (Å²) in [6, 6.07) is 14.8. The highest BCUT2D eigenvalue weighted by Gasteiger charge is 2.33. The fourth-order valence-corrected chi connectivity index (χ4v) is 5.85. The number of hydrogen-bond acceptors (Lipinski definition) is 3. The Morgan fingerprint density at radius 2 is 1.17 bits per heavy atom. The van der Waals surface area contributed by atoms with Crippen molar-refractivity contribution in [3.05, 3.63) is 70.3 Å². The lowest BCUT2D eigenvalue weighted by atomic mass is 9.84. The molecule has 0 spiro atoms. The molecular formula is C30H48O3Si2. The van der Waals surface area contributed by atoms with Gasteiger partial charge in [-0.25, -0.2) is 0 Å². The zero-order valence-electron chi connectivity index (χ0n) is 24.1. The van der Waals surface area contributed by atoms with Crippen molar-refractivity contribution >= 4 is 25.3 Å². The fraction of sp³-hybridized carbons (Fsp3) is 0.567. The average molecular weight is 513 g/mol. The molecule has 194 valence electrons. The molecule has 0 aromatic heterocycles. The number of rotatable bonds is 10. The van der Waals surface area contributed by atoms with E-state index in [4.69, 9.17) is 8.85 Å². The number of carbonyl (C=O) groups excluding carboxylic acids is 1. The maximum Gasteiger partial charge on any atom is 0.168 e. The fourth-order valence-electron chi connectivity index (χ4n) is 3.95. The van der Waals surface area contributed by atoms with Crippen LogP contribution >= 0.6 is 0 Å². The van der Waals surface area contributed by atoms with Crippen molar-refractivity contribution in [2.45, 2.75) is 110 Å². The van der Waals surface area contributed by atoms with Crippen LogP contribution < -0.4 is 0 Å². The zero-order valence-corrected chi connectivity index (χ0v) is 26.9. The van der Waals surface area contributed by atoms with Crippen LogP contribution in [-0.2, 0) is 32.9 Å². The monoisotopic (exact) mass is 512 g/mol. The van der Waals surface area contributed by atoms with Gasteiger partial charge in [0.1, 0.15) is 0 Å². The lowest BCUT2D eigenvalue weighted by Crippen LogP contribution is -2.34. The first-order valence-electron chi connectivity index (χ1n) is 12.9. The van der Waals surface area contributed by atoms with Gasteiger partial charge in [-0.1, -0.05) is 77.9 Å². The molecule has 0 fully saturated rings. The number of Topliss-reactive ketones (excluding diaryl/α,β-unsaturated/α-hetero) is 1. The zero-order chi connectivity index (χ0) is 26.7. The molecule has 0 heterocycles. The third-order valence-corrected chi connectivity index (χ3v) is 9.61. The van der Waals surface area contributed by atoms with Crippen LogP contribution in [0, 0.1) is 0 Å². The van der Waals surface area contributed by atoms with Crippen LogP contribution in [0.15, 0.2) is 42.5 Å². The summed E-state index contributed by atoms with van der Waals surface area (Å²) in [5, 5.41) is 0.457. The Bertz CT molecular complexity index is 1010. The molecule has 0 unspecified atom stereocenters. The SMILES string of the molecule is CC(=O)c1cccc(CCc2ccc(C(C)(C)O[SiH2]C(C)(C)C)c(C(C)(C)O[SiH2]C(C)(C)C)c2)c1. The summed E-state index contributed by atoms with van der Waals surface area (Å²) >= 11 is 0. The van der Waals surface area contributed by atoms with Crippen molar-refractivity contribution in [1.82, 2.24) is 0 Å². The first-order chi connectivity index (χ1) is 15.9. The molecule has 0 radical (unpaired) electrons. The van der Waals surface area contributed by atoms with Crippen molar-refractivity contribution in [2.75, 3.05) is 0 Å². The van der Waals surface area contributed by atoms with E-state index in [0.29, 0.717) is 0 Å². The molecule has 3 nitrogen and oxygen atoms in total. The van der Waals surface area contributed by atoms with Gasteiger partial charge in [-0.3, -0.25) is 4.79 Å². The molecule has 0 aliphatic heterocycles. The Morgan fingerprint density at radius 3 is 1.66 bits per heavy atom. The van der Waals surface area contributed by atoms with Crippen molar-refractivity contribution in [3.63, 3.8) is 0 Å². The largest absolute Gasteiger partial charge is 0.415 e. The Labute approximate surface area is 219 Å². The van der Waals surface area contributed by atoms with E-state index in [9.17, 15) is 4.79 Å². The van der Waals surface area contributed by atoms with Gasteiger partial charge in [0.15, 0.2) is 25.3 Å². The maximum atomic E-state index is 11.8. The minimum atomic E-state index is -0.734. The minimum Gasteiger partial charge on any atom is -0.415 e. The van der Waals surface area contributed by atoms with Gasteiger partial charge in [0.2, 0.25) is 0 Å². The van der Waals surface area contributed by atoms with E-state index in [1.54, 1.807) is 6.92 Å².